The second-order valence-corrected chi connectivity index (χ2v) is 8.47. The number of nitrogens with one attached hydrogen (secondary N) is 2. The van der Waals surface area contributed by atoms with Gasteiger partial charge in [0, 0.05) is 35.5 Å². The molecule has 3 heterocycles. The molecule has 6 heteroatoms. The number of fused-ring (bicyclic) bond motifs is 2. The van der Waals surface area contributed by atoms with Crippen molar-refractivity contribution < 1.29 is 9.59 Å². The maximum absolute atomic E-state index is 12.7. The standard InChI is InChI=1S/C21H26N4O2/c1-11(2)18-19(26)23-21(27)25(18)20-14-10-15-12(7-5-9-22-15)13-6-4-8-16(17(13)14)24(20)3/h4,6,8,11-12,15,18,22H,5,7,9-10H2,1-3H3,(H,23,26,27)/t12?,15-,18?/m1/s1. The molecule has 1 aliphatic carbocycles. The molecule has 3 amide bonds. The summed E-state index contributed by atoms with van der Waals surface area (Å²) < 4.78 is 2.11. The fraction of sp³-hybridized carbons (Fsp3) is 0.524. The average Bonchev–Trinajstić information content (AvgIpc) is 3.09. The normalized spacial score (nSPS) is 27.4. The summed E-state index contributed by atoms with van der Waals surface area (Å²) in [4.78, 5) is 26.9. The van der Waals surface area contributed by atoms with Crippen molar-refractivity contribution in [1.29, 1.82) is 0 Å². The Kier molecular flexibility index (Phi) is 3.63. The quantitative estimate of drug-likeness (QED) is 0.803. The van der Waals surface area contributed by atoms with E-state index in [-0.39, 0.29) is 17.9 Å². The van der Waals surface area contributed by atoms with Crippen LogP contribution in [0.2, 0.25) is 0 Å². The van der Waals surface area contributed by atoms with Crippen LogP contribution in [0.25, 0.3) is 10.9 Å². The molecule has 0 bridgehead atoms. The Morgan fingerprint density at radius 1 is 1.22 bits per heavy atom. The van der Waals surface area contributed by atoms with Crippen molar-refractivity contribution in [3.63, 3.8) is 0 Å². The zero-order valence-electron chi connectivity index (χ0n) is 16.1. The highest BCUT2D eigenvalue weighted by molar-refractivity contribution is 6.15. The van der Waals surface area contributed by atoms with Gasteiger partial charge in [-0.05, 0) is 43.4 Å². The minimum absolute atomic E-state index is 0.0466. The Morgan fingerprint density at radius 2 is 2.04 bits per heavy atom. The molecule has 5 rings (SSSR count). The number of piperidine rings is 1. The van der Waals surface area contributed by atoms with Crippen molar-refractivity contribution in [2.75, 3.05) is 11.4 Å². The number of aromatic nitrogens is 1. The predicted octanol–water partition coefficient (Wildman–Crippen LogP) is 2.65. The number of anilines is 1. The van der Waals surface area contributed by atoms with Gasteiger partial charge >= 0.3 is 6.03 Å². The number of nitrogens with zero attached hydrogens (tertiary/aromatic N) is 2. The molecule has 2 unspecified atom stereocenters. The highest BCUT2D eigenvalue weighted by Crippen LogP contribution is 2.46. The first kappa shape index (κ1) is 16.8. The molecule has 2 aliphatic heterocycles. The lowest BCUT2D eigenvalue weighted by atomic mass is 9.76. The molecule has 142 valence electrons. The van der Waals surface area contributed by atoms with Gasteiger partial charge in [-0.3, -0.25) is 15.0 Å². The van der Waals surface area contributed by atoms with Gasteiger partial charge in [0.2, 0.25) is 0 Å². The molecule has 2 N–H and O–H groups in total. The van der Waals surface area contributed by atoms with Gasteiger partial charge < -0.3 is 9.88 Å². The smallest absolute Gasteiger partial charge is 0.330 e. The number of carbonyl (C=O) groups excluding carboxylic acids is 2. The molecule has 1 aromatic heterocycles. The van der Waals surface area contributed by atoms with E-state index in [9.17, 15) is 9.59 Å². The Labute approximate surface area is 158 Å². The van der Waals surface area contributed by atoms with Gasteiger partial charge in [-0.2, -0.15) is 0 Å². The summed E-state index contributed by atoms with van der Waals surface area (Å²) in [6, 6.07) is 6.13. The predicted molar refractivity (Wildman–Crippen MR) is 105 cm³/mol. The second-order valence-electron chi connectivity index (χ2n) is 8.47. The zero-order valence-corrected chi connectivity index (χ0v) is 16.1. The fourth-order valence-corrected chi connectivity index (χ4v) is 5.47. The van der Waals surface area contributed by atoms with E-state index in [4.69, 9.17) is 0 Å². The van der Waals surface area contributed by atoms with E-state index in [1.54, 1.807) is 4.90 Å². The SMILES string of the molecule is CC(C)C1C(=O)NC(=O)N1c1c2c3c(cccc3n1C)C1CCCN[C@@H]1C2. The first-order chi connectivity index (χ1) is 13.0. The maximum atomic E-state index is 12.7. The van der Waals surface area contributed by atoms with Crippen molar-refractivity contribution in [1.82, 2.24) is 15.2 Å². The van der Waals surface area contributed by atoms with Crippen LogP contribution in [0, 0.1) is 5.92 Å². The van der Waals surface area contributed by atoms with E-state index in [0.29, 0.717) is 12.0 Å². The molecule has 3 atom stereocenters. The van der Waals surface area contributed by atoms with E-state index < -0.39 is 6.04 Å². The highest BCUT2D eigenvalue weighted by atomic mass is 16.2. The number of aryl methyl sites for hydroxylation is 1. The minimum atomic E-state index is -0.461. The Morgan fingerprint density at radius 3 is 2.81 bits per heavy atom. The number of hydrogen-bond acceptors (Lipinski definition) is 3. The molecule has 1 aromatic carbocycles. The Hall–Kier alpha value is -2.34. The van der Waals surface area contributed by atoms with Crippen molar-refractivity contribution in [3.05, 3.63) is 29.3 Å². The average molecular weight is 366 g/mol. The first-order valence-corrected chi connectivity index (χ1v) is 9.96. The third-order valence-electron chi connectivity index (χ3n) is 6.59. The van der Waals surface area contributed by atoms with Crippen LogP contribution in [0.4, 0.5) is 10.6 Å². The van der Waals surface area contributed by atoms with E-state index >= 15 is 0 Å². The molecule has 2 aromatic rings. The Balaban J connectivity index is 1.76. The largest absolute Gasteiger partial charge is 0.330 e. The molecular formula is C21H26N4O2. The van der Waals surface area contributed by atoms with Crippen LogP contribution in [0.3, 0.4) is 0 Å². The topological polar surface area (TPSA) is 66.4 Å². The highest BCUT2D eigenvalue weighted by Gasteiger charge is 2.45. The number of benzene rings is 1. The lowest BCUT2D eigenvalue weighted by Crippen LogP contribution is -2.44. The van der Waals surface area contributed by atoms with Crippen molar-refractivity contribution in [2.24, 2.45) is 13.0 Å². The third kappa shape index (κ3) is 2.22. The number of carbonyl (C=O) groups is 2. The first-order valence-electron chi connectivity index (χ1n) is 9.96. The van der Waals surface area contributed by atoms with E-state index in [1.165, 1.54) is 29.4 Å². The molecular weight excluding hydrogens is 340 g/mol. The van der Waals surface area contributed by atoms with Gasteiger partial charge in [0.1, 0.15) is 11.9 Å². The summed E-state index contributed by atoms with van der Waals surface area (Å²) >= 11 is 0. The number of urea groups is 1. The molecule has 2 saturated heterocycles. The van der Waals surface area contributed by atoms with E-state index in [0.717, 1.165) is 24.3 Å². The van der Waals surface area contributed by atoms with Gasteiger partial charge in [0.05, 0.1) is 0 Å². The summed E-state index contributed by atoms with van der Waals surface area (Å²) in [5.74, 6) is 1.26. The summed E-state index contributed by atoms with van der Waals surface area (Å²) in [6.07, 6.45) is 3.31. The maximum Gasteiger partial charge on any atom is 0.330 e. The third-order valence-corrected chi connectivity index (χ3v) is 6.59. The van der Waals surface area contributed by atoms with Crippen molar-refractivity contribution >= 4 is 28.7 Å². The van der Waals surface area contributed by atoms with Crippen LogP contribution in [0.15, 0.2) is 18.2 Å². The van der Waals surface area contributed by atoms with Gasteiger partial charge in [-0.1, -0.05) is 26.0 Å². The summed E-state index contributed by atoms with van der Waals surface area (Å²) in [5.41, 5.74) is 3.74. The summed E-state index contributed by atoms with van der Waals surface area (Å²) in [5, 5.41) is 7.51. The molecule has 2 fully saturated rings. The molecule has 0 radical (unpaired) electrons. The lowest BCUT2D eigenvalue weighted by molar-refractivity contribution is -0.120. The van der Waals surface area contributed by atoms with Crippen LogP contribution < -0.4 is 15.5 Å². The Bertz CT molecular complexity index is 961. The zero-order chi connectivity index (χ0) is 18.9. The van der Waals surface area contributed by atoms with Crippen LogP contribution in [-0.2, 0) is 18.3 Å². The second kappa shape index (κ2) is 5.83. The number of imide groups is 1. The number of hydrogen-bond donors (Lipinski definition) is 2. The number of rotatable bonds is 2. The van der Waals surface area contributed by atoms with Gasteiger partial charge in [0.15, 0.2) is 0 Å². The van der Waals surface area contributed by atoms with Crippen LogP contribution in [0.5, 0.6) is 0 Å². The molecule has 27 heavy (non-hydrogen) atoms. The number of amides is 3. The fourth-order valence-electron chi connectivity index (χ4n) is 5.47. The van der Waals surface area contributed by atoms with Crippen LogP contribution in [-0.4, -0.2) is 35.1 Å². The molecule has 0 saturated carbocycles. The lowest BCUT2D eigenvalue weighted by Gasteiger charge is -2.37. The van der Waals surface area contributed by atoms with Crippen molar-refractivity contribution in [3.8, 4) is 0 Å². The minimum Gasteiger partial charge on any atom is -0.330 e. The molecule has 0 spiro atoms. The molecule has 6 nitrogen and oxygen atoms in total. The van der Waals surface area contributed by atoms with Gasteiger partial charge in [-0.15, -0.1) is 0 Å². The van der Waals surface area contributed by atoms with E-state index in [2.05, 4.69) is 33.4 Å². The van der Waals surface area contributed by atoms with Crippen LogP contribution in [0.1, 0.15) is 43.7 Å². The summed E-state index contributed by atoms with van der Waals surface area (Å²) in [6.45, 7) is 5.04. The van der Waals surface area contributed by atoms with Gasteiger partial charge in [0.25, 0.3) is 5.91 Å². The van der Waals surface area contributed by atoms with Crippen molar-refractivity contribution in [2.45, 2.75) is 51.1 Å². The van der Waals surface area contributed by atoms with Gasteiger partial charge in [-0.25, -0.2) is 4.79 Å². The monoisotopic (exact) mass is 366 g/mol. The molecule has 3 aliphatic rings. The van der Waals surface area contributed by atoms with E-state index in [1.807, 2.05) is 20.9 Å². The van der Waals surface area contributed by atoms with Crippen LogP contribution >= 0.6 is 0 Å². The summed E-state index contributed by atoms with van der Waals surface area (Å²) in [7, 11) is 2.01.